The van der Waals surface area contributed by atoms with Crippen LogP contribution in [0.15, 0.2) is 0 Å². The fraction of sp³-hybridized carbons (Fsp3) is 0.875. The van der Waals surface area contributed by atoms with Crippen LogP contribution in [0.2, 0.25) is 0 Å². The Labute approximate surface area is 196 Å². The molecular formula is C24H40N2O5S. The molecule has 3 fully saturated rings. The van der Waals surface area contributed by atoms with Crippen molar-refractivity contribution in [2.45, 2.75) is 109 Å². The Kier molecular flexibility index (Phi) is 6.99. The molecular weight excluding hydrogens is 428 g/mol. The summed E-state index contributed by atoms with van der Waals surface area (Å²) in [5, 5.41) is 12.2. The van der Waals surface area contributed by atoms with E-state index in [0.29, 0.717) is 17.8 Å². The molecule has 3 rings (SSSR count). The summed E-state index contributed by atoms with van der Waals surface area (Å²) in [6.45, 7) is 16.1. The lowest BCUT2D eigenvalue weighted by Crippen LogP contribution is -2.72. The molecule has 2 heterocycles. The van der Waals surface area contributed by atoms with Crippen LogP contribution in [-0.4, -0.2) is 61.7 Å². The van der Waals surface area contributed by atoms with Crippen molar-refractivity contribution in [2.24, 2.45) is 23.7 Å². The van der Waals surface area contributed by atoms with Gasteiger partial charge in [0.1, 0.15) is 23.1 Å². The minimum atomic E-state index is -1.07. The number of β-lactam (4-membered cyclic amide) rings is 1. The van der Waals surface area contributed by atoms with Gasteiger partial charge in [0.05, 0.1) is 6.10 Å². The van der Waals surface area contributed by atoms with E-state index in [1.54, 1.807) is 0 Å². The second-order valence-corrected chi connectivity index (χ2v) is 13.1. The zero-order valence-electron chi connectivity index (χ0n) is 20.7. The number of carboxylic acid groups (broad SMARTS) is 1. The molecule has 0 aromatic heterocycles. The fourth-order valence-corrected chi connectivity index (χ4v) is 7.07. The number of carboxylic acids is 1. The van der Waals surface area contributed by atoms with Crippen LogP contribution in [0.1, 0.15) is 74.7 Å². The lowest BCUT2D eigenvalue weighted by atomic mass is 9.75. The SMILES string of the molecule is CC(C)[C@H]1CC[C@@H](C)C[C@H]1O[C@@](C)(C(=O)N[C@@H]1C(=O)N2[C@@H]1SC(C)(C)[C@@H]2C(=O)O)C(C)C. The zero-order valence-corrected chi connectivity index (χ0v) is 21.5. The molecule has 0 radical (unpaired) electrons. The topological polar surface area (TPSA) is 95.9 Å². The average molecular weight is 469 g/mol. The summed E-state index contributed by atoms with van der Waals surface area (Å²) in [4.78, 5) is 39.5. The maximum Gasteiger partial charge on any atom is 0.327 e. The van der Waals surface area contributed by atoms with Crippen LogP contribution < -0.4 is 5.32 Å². The van der Waals surface area contributed by atoms with Gasteiger partial charge in [0.25, 0.3) is 5.91 Å². The highest BCUT2D eigenvalue weighted by Crippen LogP contribution is 2.51. The summed E-state index contributed by atoms with van der Waals surface area (Å²) in [6, 6.07) is -1.61. The third kappa shape index (κ3) is 4.29. The maximum absolute atomic E-state index is 13.5. The van der Waals surface area contributed by atoms with Gasteiger partial charge < -0.3 is 20.1 Å². The highest BCUT2D eigenvalue weighted by Gasteiger charge is 2.64. The van der Waals surface area contributed by atoms with Crippen molar-refractivity contribution < 1.29 is 24.2 Å². The van der Waals surface area contributed by atoms with Gasteiger partial charge in [0.15, 0.2) is 0 Å². The molecule has 0 aromatic carbocycles. The number of hydrogen-bond donors (Lipinski definition) is 2. The van der Waals surface area contributed by atoms with E-state index in [9.17, 15) is 19.5 Å². The highest BCUT2D eigenvalue weighted by atomic mass is 32.2. The summed E-state index contributed by atoms with van der Waals surface area (Å²) >= 11 is 1.44. The number of aliphatic carboxylic acids is 1. The lowest BCUT2D eigenvalue weighted by molar-refractivity contribution is -0.179. The number of hydrogen-bond acceptors (Lipinski definition) is 5. The molecule has 2 aliphatic heterocycles. The number of nitrogens with one attached hydrogen (secondary N) is 1. The molecule has 7 atom stereocenters. The first-order chi connectivity index (χ1) is 14.7. The van der Waals surface area contributed by atoms with Gasteiger partial charge >= 0.3 is 5.97 Å². The van der Waals surface area contributed by atoms with Crippen molar-refractivity contribution in [2.75, 3.05) is 0 Å². The van der Waals surface area contributed by atoms with E-state index in [1.807, 2.05) is 34.6 Å². The van der Waals surface area contributed by atoms with Gasteiger partial charge in [-0.1, -0.05) is 41.0 Å². The Balaban J connectivity index is 1.76. The number of nitrogens with zero attached hydrogens (tertiary/aromatic N) is 1. The Morgan fingerprint density at radius 2 is 1.88 bits per heavy atom. The van der Waals surface area contributed by atoms with Crippen molar-refractivity contribution in [3.8, 4) is 0 Å². The normalized spacial score (nSPS) is 35.9. The van der Waals surface area contributed by atoms with Crippen LogP contribution in [0.4, 0.5) is 0 Å². The smallest absolute Gasteiger partial charge is 0.327 e. The minimum absolute atomic E-state index is 0.00155. The van der Waals surface area contributed by atoms with E-state index in [2.05, 4.69) is 26.1 Å². The van der Waals surface area contributed by atoms with Gasteiger partial charge in [-0.2, -0.15) is 0 Å². The fourth-order valence-electron chi connectivity index (χ4n) is 5.45. The molecule has 0 aromatic rings. The molecule has 7 nitrogen and oxygen atoms in total. The summed E-state index contributed by atoms with van der Waals surface area (Å²) in [5.74, 6) is -0.280. The predicted molar refractivity (Wildman–Crippen MR) is 125 cm³/mol. The van der Waals surface area contributed by atoms with E-state index in [-0.39, 0.29) is 29.2 Å². The number of ether oxygens (including phenoxy) is 1. The van der Waals surface area contributed by atoms with Gasteiger partial charge in [0.2, 0.25) is 5.91 Å². The molecule has 8 heteroatoms. The molecule has 2 saturated heterocycles. The van der Waals surface area contributed by atoms with Gasteiger partial charge in [-0.25, -0.2) is 4.79 Å². The van der Waals surface area contributed by atoms with Gasteiger partial charge in [-0.05, 0) is 57.3 Å². The monoisotopic (exact) mass is 468 g/mol. The Bertz CT molecular complexity index is 769. The first-order valence-electron chi connectivity index (χ1n) is 11.9. The number of amides is 2. The predicted octanol–water partition coefficient (Wildman–Crippen LogP) is 3.51. The van der Waals surface area contributed by atoms with Crippen molar-refractivity contribution in [1.82, 2.24) is 10.2 Å². The molecule has 182 valence electrons. The molecule has 32 heavy (non-hydrogen) atoms. The largest absolute Gasteiger partial charge is 0.480 e. The number of carbonyl (C=O) groups is 3. The summed E-state index contributed by atoms with van der Waals surface area (Å²) in [7, 11) is 0. The third-order valence-corrected chi connectivity index (χ3v) is 9.44. The van der Waals surface area contributed by atoms with Gasteiger partial charge in [-0.15, -0.1) is 11.8 Å². The number of carbonyl (C=O) groups excluding carboxylic acids is 2. The lowest BCUT2D eigenvalue weighted by Gasteiger charge is -2.47. The van der Waals surface area contributed by atoms with Crippen LogP contribution in [0.5, 0.6) is 0 Å². The van der Waals surface area contributed by atoms with Crippen molar-refractivity contribution >= 4 is 29.5 Å². The standard InChI is InChI=1S/C24H40N2O5S/c1-12(2)15-10-9-14(5)11-16(15)31-24(8,13(3)4)22(30)25-17-19(27)26-18(21(28)29)23(6,7)32-20(17)26/h12-18,20H,9-11H2,1-8H3,(H,25,30)(H,28,29)/t14-,15-,16-,17-,18+,20-,24-/m1/s1. The van der Waals surface area contributed by atoms with Crippen LogP contribution in [-0.2, 0) is 19.1 Å². The van der Waals surface area contributed by atoms with Crippen LogP contribution >= 0.6 is 11.8 Å². The second kappa shape index (κ2) is 8.82. The minimum Gasteiger partial charge on any atom is -0.480 e. The van der Waals surface area contributed by atoms with Crippen molar-refractivity contribution in [3.63, 3.8) is 0 Å². The van der Waals surface area contributed by atoms with Crippen molar-refractivity contribution in [3.05, 3.63) is 0 Å². The number of rotatable bonds is 7. The third-order valence-electron chi connectivity index (χ3n) is 7.87. The van der Waals surface area contributed by atoms with Gasteiger partial charge in [0, 0.05) is 4.75 Å². The summed E-state index contributed by atoms with van der Waals surface area (Å²) < 4.78 is 6.01. The van der Waals surface area contributed by atoms with Crippen molar-refractivity contribution in [1.29, 1.82) is 0 Å². The van der Waals surface area contributed by atoms with E-state index >= 15 is 0 Å². The van der Waals surface area contributed by atoms with E-state index in [1.165, 1.54) is 23.1 Å². The molecule has 0 unspecified atom stereocenters. The first kappa shape index (κ1) is 25.3. The molecule has 0 bridgehead atoms. The van der Waals surface area contributed by atoms with Crippen LogP contribution in [0.25, 0.3) is 0 Å². The van der Waals surface area contributed by atoms with Crippen LogP contribution in [0, 0.1) is 23.7 Å². The quantitative estimate of drug-likeness (QED) is 0.555. The Morgan fingerprint density at radius 3 is 2.41 bits per heavy atom. The average Bonchev–Trinajstić information content (AvgIpc) is 2.93. The maximum atomic E-state index is 13.5. The Morgan fingerprint density at radius 1 is 1.25 bits per heavy atom. The highest BCUT2D eigenvalue weighted by molar-refractivity contribution is 8.01. The molecule has 2 amide bonds. The second-order valence-electron chi connectivity index (χ2n) is 11.3. The zero-order chi connectivity index (χ0) is 24.2. The number of thioether (sulfide) groups is 1. The molecule has 1 saturated carbocycles. The first-order valence-corrected chi connectivity index (χ1v) is 12.8. The summed E-state index contributed by atoms with van der Waals surface area (Å²) in [5.41, 5.74) is -1.07. The molecule has 0 spiro atoms. The van der Waals surface area contributed by atoms with Gasteiger partial charge in [-0.3, -0.25) is 9.59 Å². The molecule has 2 N–H and O–H groups in total. The van der Waals surface area contributed by atoms with Crippen LogP contribution in [0.3, 0.4) is 0 Å². The van der Waals surface area contributed by atoms with E-state index < -0.39 is 28.4 Å². The molecule has 1 aliphatic carbocycles. The van der Waals surface area contributed by atoms with E-state index in [4.69, 9.17) is 4.74 Å². The molecule has 3 aliphatic rings. The summed E-state index contributed by atoms with van der Waals surface area (Å²) in [6.07, 6.45) is 3.21. The number of fused-ring (bicyclic) bond motifs is 1. The Hall–Kier alpha value is -1.28. The van der Waals surface area contributed by atoms with E-state index in [0.717, 1.165) is 12.8 Å².